The standard InChI is InChI=1S/C9H9BrN2O/c1-5-3-4-6-7(11-5)12-8(13)9(6,2)10/h3-4H,1-2H3,(H,11,12,13). The van der Waals surface area contributed by atoms with Crippen LogP contribution < -0.4 is 5.32 Å². The molecule has 1 unspecified atom stereocenters. The second kappa shape index (κ2) is 2.54. The molecule has 1 aromatic rings. The number of carbonyl (C=O) groups excluding carboxylic acids is 1. The van der Waals surface area contributed by atoms with Crippen LogP contribution in [0.5, 0.6) is 0 Å². The highest BCUT2D eigenvalue weighted by Gasteiger charge is 2.41. The van der Waals surface area contributed by atoms with Crippen molar-refractivity contribution < 1.29 is 4.79 Å². The second-order valence-electron chi connectivity index (χ2n) is 3.31. The van der Waals surface area contributed by atoms with Gasteiger partial charge in [0.05, 0.1) is 0 Å². The molecule has 1 atom stereocenters. The third-order valence-corrected chi connectivity index (χ3v) is 2.99. The number of hydrogen-bond donors (Lipinski definition) is 1. The van der Waals surface area contributed by atoms with Crippen LogP contribution in [0.25, 0.3) is 0 Å². The molecular formula is C9H9BrN2O. The molecule has 0 radical (unpaired) electrons. The Kier molecular flexibility index (Phi) is 1.70. The van der Waals surface area contributed by atoms with Gasteiger partial charge in [-0.2, -0.15) is 0 Å². The van der Waals surface area contributed by atoms with Gasteiger partial charge in [-0.3, -0.25) is 4.79 Å². The number of anilines is 1. The topological polar surface area (TPSA) is 42.0 Å². The minimum atomic E-state index is -0.622. The fourth-order valence-corrected chi connectivity index (χ4v) is 1.80. The molecule has 0 saturated heterocycles. The van der Waals surface area contributed by atoms with E-state index in [2.05, 4.69) is 26.2 Å². The van der Waals surface area contributed by atoms with Crippen LogP contribution in [0.15, 0.2) is 12.1 Å². The number of carbonyl (C=O) groups is 1. The summed E-state index contributed by atoms with van der Waals surface area (Å²) in [6.07, 6.45) is 0. The molecule has 0 aromatic carbocycles. The molecule has 0 fully saturated rings. The van der Waals surface area contributed by atoms with Crippen molar-refractivity contribution >= 4 is 27.7 Å². The van der Waals surface area contributed by atoms with Crippen LogP contribution in [0.3, 0.4) is 0 Å². The Morgan fingerprint density at radius 3 is 2.92 bits per heavy atom. The van der Waals surface area contributed by atoms with Gasteiger partial charge in [-0.15, -0.1) is 0 Å². The fourth-order valence-electron chi connectivity index (χ4n) is 1.38. The summed E-state index contributed by atoms with van der Waals surface area (Å²) in [5.74, 6) is 0.616. The molecule has 0 aliphatic carbocycles. The van der Waals surface area contributed by atoms with Crippen LogP contribution in [0.1, 0.15) is 18.2 Å². The number of halogens is 1. The van der Waals surface area contributed by atoms with Gasteiger partial charge in [0, 0.05) is 11.3 Å². The van der Waals surface area contributed by atoms with Gasteiger partial charge < -0.3 is 5.32 Å². The van der Waals surface area contributed by atoms with E-state index in [9.17, 15) is 4.79 Å². The zero-order valence-corrected chi connectivity index (χ0v) is 8.97. The zero-order valence-electron chi connectivity index (χ0n) is 7.39. The maximum atomic E-state index is 11.5. The van der Waals surface area contributed by atoms with E-state index < -0.39 is 4.32 Å². The lowest BCUT2D eigenvalue weighted by Crippen LogP contribution is -2.23. The number of amides is 1. The van der Waals surface area contributed by atoms with Crippen LogP contribution in [0.4, 0.5) is 5.82 Å². The molecule has 1 aliphatic rings. The minimum Gasteiger partial charge on any atom is -0.309 e. The molecule has 1 amide bonds. The van der Waals surface area contributed by atoms with E-state index >= 15 is 0 Å². The lowest BCUT2D eigenvalue weighted by Gasteiger charge is -2.11. The highest BCUT2D eigenvalue weighted by Crippen LogP contribution is 2.40. The number of hydrogen-bond acceptors (Lipinski definition) is 2. The van der Waals surface area contributed by atoms with Gasteiger partial charge in [0.1, 0.15) is 10.1 Å². The summed E-state index contributed by atoms with van der Waals surface area (Å²) < 4.78 is -0.622. The number of nitrogens with zero attached hydrogens (tertiary/aromatic N) is 1. The number of nitrogens with one attached hydrogen (secondary N) is 1. The third kappa shape index (κ3) is 1.16. The van der Waals surface area contributed by atoms with Gasteiger partial charge in [0.15, 0.2) is 0 Å². The number of aryl methyl sites for hydroxylation is 1. The van der Waals surface area contributed by atoms with Gasteiger partial charge in [0.25, 0.3) is 0 Å². The summed E-state index contributed by atoms with van der Waals surface area (Å²) in [5.41, 5.74) is 1.81. The van der Waals surface area contributed by atoms with E-state index in [1.54, 1.807) is 0 Å². The fraction of sp³-hybridized carbons (Fsp3) is 0.333. The van der Waals surface area contributed by atoms with Crippen molar-refractivity contribution in [2.24, 2.45) is 0 Å². The normalized spacial score (nSPS) is 25.6. The van der Waals surface area contributed by atoms with E-state index in [4.69, 9.17) is 0 Å². The predicted molar refractivity (Wildman–Crippen MR) is 53.9 cm³/mol. The monoisotopic (exact) mass is 240 g/mol. The lowest BCUT2D eigenvalue weighted by atomic mass is 10.0. The van der Waals surface area contributed by atoms with Gasteiger partial charge in [-0.05, 0) is 19.9 Å². The van der Waals surface area contributed by atoms with Gasteiger partial charge in [0.2, 0.25) is 5.91 Å². The summed E-state index contributed by atoms with van der Waals surface area (Å²) >= 11 is 3.38. The average molecular weight is 241 g/mol. The molecule has 68 valence electrons. The molecule has 4 heteroatoms. The number of alkyl halides is 1. The molecule has 1 N–H and O–H groups in total. The Morgan fingerprint density at radius 2 is 2.23 bits per heavy atom. The van der Waals surface area contributed by atoms with Crippen LogP contribution >= 0.6 is 15.9 Å². The van der Waals surface area contributed by atoms with E-state index in [1.807, 2.05) is 26.0 Å². The third-order valence-electron chi connectivity index (χ3n) is 2.20. The maximum absolute atomic E-state index is 11.5. The molecule has 0 saturated carbocycles. The molecule has 0 spiro atoms. The predicted octanol–water partition coefficient (Wildman–Crippen LogP) is 1.95. The molecular weight excluding hydrogens is 232 g/mol. The molecule has 1 aliphatic heterocycles. The van der Waals surface area contributed by atoms with E-state index in [0.717, 1.165) is 11.3 Å². The summed E-state index contributed by atoms with van der Waals surface area (Å²) in [5, 5.41) is 2.73. The Bertz CT molecular complexity index is 387. The zero-order chi connectivity index (χ0) is 9.64. The van der Waals surface area contributed by atoms with E-state index in [1.165, 1.54) is 0 Å². The largest absolute Gasteiger partial charge is 0.309 e. The average Bonchev–Trinajstić information content (AvgIpc) is 2.23. The highest BCUT2D eigenvalue weighted by atomic mass is 79.9. The van der Waals surface area contributed by atoms with Crippen LogP contribution in [-0.4, -0.2) is 10.9 Å². The van der Waals surface area contributed by atoms with Crippen molar-refractivity contribution in [1.29, 1.82) is 0 Å². The molecule has 3 nitrogen and oxygen atoms in total. The smallest absolute Gasteiger partial charge is 0.246 e. The summed E-state index contributed by atoms with van der Waals surface area (Å²) in [6, 6.07) is 3.82. The maximum Gasteiger partial charge on any atom is 0.246 e. The molecule has 0 bridgehead atoms. The second-order valence-corrected chi connectivity index (χ2v) is 4.89. The number of aromatic nitrogens is 1. The first-order valence-corrected chi connectivity index (χ1v) is 4.79. The summed E-state index contributed by atoms with van der Waals surface area (Å²) in [4.78, 5) is 15.7. The van der Waals surface area contributed by atoms with Crippen molar-refractivity contribution in [3.8, 4) is 0 Å². The van der Waals surface area contributed by atoms with Gasteiger partial charge >= 0.3 is 0 Å². The van der Waals surface area contributed by atoms with Crippen LogP contribution in [0.2, 0.25) is 0 Å². The molecule has 2 heterocycles. The van der Waals surface area contributed by atoms with Crippen LogP contribution in [0, 0.1) is 6.92 Å². The molecule has 13 heavy (non-hydrogen) atoms. The Balaban J connectivity index is 2.62. The number of fused-ring (bicyclic) bond motifs is 1. The van der Waals surface area contributed by atoms with E-state index in [-0.39, 0.29) is 5.91 Å². The quantitative estimate of drug-likeness (QED) is 0.705. The lowest BCUT2D eigenvalue weighted by molar-refractivity contribution is -0.117. The van der Waals surface area contributed by atoms with Gasteiger partial charge in [-0.1, -0.05) is 22.0 Å². The van der Waals surface area contributed by atoms with Crippen molar-refractivity contribution in [2.75, 3.05) is 5.32 Å². The number of rotatable bonds is 0. The summed E-state index contributed by atoms with van der Waals surface area (Å²) in [7, 11) is 0. The van der Waals surface area contributed by atoms with Crippen LogP contribution in [-0.2, 0) is 9.12 Å². The first kappa shape index (κ1) is 8.69. The molecule has 1 aromatic heterocycles. The molecule has 2 rings (SSSR count). The SMILES string of the molecule is Cc1ccc2c(n1)NC(=O)C2(C)Br. The Hall–Kier alpha value is -0.900. The highest BCUT2D eigenvalue weighted by molar-refractivity contribution is 9.10. The van der Waals surface area contributed by atoms with Crippen molar-refractivity contribution in [3.63, 3.8) is 0 Å². The van der Waals surface area contributed by atoms with Crippen molar-refractivity contribution in [3.05, 3.63) is 23.4 Å². The summed E-state index contributed by atoms with van der Waals surface area (Å²) in [6.45, 7) is 3.72. The van der Waals surface area contributed by atoms with Crippen molar-refractivity contribution in [1.82, 2.24) is 4.98 Å². The first-order valence-electron chi connectivity index (χ1n) is 4.00. The Labute approximate surface area is 84.7 Å². The minimum absolute atomic E-state index is 0.0550. The Morgan fingerprint density at radius 1 is 1.54 bits per heavy atom. The number of pyridine rings is 1. The van der Waals surface area contributed by atoms with Crippen molar-refractivity contribution in [2.45, 2.75) is 18.2 Å². The van der Waals surface area contributed by atoms with Gasteiger partial charge in [-0.25, -0.2) is 4.98 Å². The van der Waals surface area contributed by atoms with E-state index in [0.29, 0.717) is 5.82 Å². The first-order chi connectivity index (χ1) is 6.01.